The van der Waals surface area contributed by atoms with E-state index in [0.717, 1.165) is 22.6 Å². The van der Waals surface area contributed by atoms with Crippen LogP contribution in [0.4, 0.5) is 5.69 Å². The Hall–Kier alpha value is -3.18. The summed E-state index contributed by atoms with van der Waals surface area (Å²) in [6, 6.07) is 26.8. The summed E-state index contributed by atoms with van der Waals surface area (Å²) >= 11 is 5.36. The number of rotatable bonds is 6. The van der Waals surface area contributed by atoms with E-state index in [2.05, 4.69) is 10.6 Å². The van der Waals surface area contributed by atoms with Crippen molar-refractivity contribution in [2.45, 2.75) is 25.9 Å². The third-order valence-electron chi connectivity index (χ3n) is 4.25. The van der Waals surface area contributed by atoms with E-state index < -0.39 is 5.92 Å². The summed E-state index contributed by atoms with van der Waals surface area (Å²) in [5.41, 5.74) is 2.60. The van der Waals surface area contributed by atoms with Crippen LogP contribution in [-0.2, 0) is 4.79 Å². The molecule has 0 heterocycles. The summed E-state index contributed by atoms with van der Waals surface area (Å²) in [5.74, 6) is 0.160. The molecule has 0 fully saturated rings. The Bertz CT molecular complexity index is 902. The molecule has 1 amide bonds. The van der Waals surface area contributed by atoms with Crippen LogP contribution in [0.25, 0.3) is 0 Å². The highest BCUT2D eigenvalue weighted by molar-refractivity contribution is 7.80. The molecular formula is C24H24N2O2S. The molecule has 0 aliphatic rings. The van der Waals surface area contributed by atoms with E-state index in [-0.39, 0.29) is 17.1 Å². The zero-order valence-corrected chi connectivity index (χ0v) is 17.3. The molecule has 0 aromatic heterocycles. The van der Waals surface area contributed by atoms with Crippen molar-refractivity contribution in [3.63, 3.8) is 0 Å². The lowest BCUT2D eigenvalue weighted by atomic mass is 9.90. The molecule has 148 valence electrons. The van der Waals surface area contributed by atoms with Crippen LogP contribution in [0.5, 0.6) is 5.75 Å². The number of benzene rings is 3. The third kappa shape index (κ3) is 5.90. The number of thiocarbonyl (C=S) groups is 1. The van der Waals surface area contributed by atoms with Gasteiger partial charge < -0.3 is 15.4 Å². The lowest BCUT2D eigenvalue weighted by Crippen LogP contribution is -2.37. The Morgan fingerprint density at radius 1 is 0.828 bits per heavy atom. The van der Waals surface area contributed by atoms with Gasteiger partial charge in [-0.05, 0) is 61.5 Å². The first-order valence-electron chi connectivity index (χ1n) is 9.51. The van der Waals surface area contributed by atoms with Crippen LogP contribution in [-0.4, -0.2) is 17.1 Å². The Morgan fingerprint density at radius 3 is 1.83 bits per heavy atom. The number of hydrogen-bond donors (Lipinski definition) is 2. The van der Waals surface area contributed by atoms with E-state index in [1.165, 1.54) is 0 Å². The minimum atomic E-state index is -0.445. The van der Waals surface area contributed by atoms with Crippen molar-refractivity contribution in [1.29, 1.82) is 0 Å². The molecule has 4 nitrogen and oxygen atoms in total. The molecule has 29 heavy (non-hydrogen) atoms. The van der Waals surface area contributed by atoms with E-state index in [9.17, 15) is 4.79 Å². The van der Waals surface area contributed by atoms with Crippen molar-refractivity contribution in [3.8, 4) is 5.75 Å². The van der Waals surface area contributed by atoms with Gasteiger partial charge in [-0.2, -0.15) is 0 Å². The topological polar surface area (TPSA) is 50.4 Å². The molecule has 0 aliphatic heterocycles. The minimum absolute atomic E-state index is 0.113. The average molecular weight is 405 g/mol. The van der Waals surface area contributed by atoms with Gasteiger partial charge in [-0.25, -0.2) is 0 Å². The van der Waals surface area contributed by atoms with Crippen LogP contribution in [0.1, 0.15) is 30.9 Å². The number of carbonyl (C=O) groups is 1. The lowest BCUT2D eigenvalue weighted by molar-refractivity contribution is -0.120. The SMILES string of the molecule is CC(C)Oc1ccc(NC(=S)NC(=O)C(c2ccccc2)c2ccccc2)cc1. The highest BCUT2D eigenvalue weighted by Crippen LogP contribution is 2.25. The van der Waals surface area contributed by atoms with Crippen molar-refractivity contribution in [3.05, 3.63) is 96.1 Å². The van der Waals surface area contributed by atoms with E-state index in [4.69, 9.17) is 17.0 Å². The van der Waals surface area contributed by atoms with Gasteiger partial charge in [0, 0.05) is 5.69 Å². The maximum absolute atomic E-state index is 13.1. The van der Waals surface area contributed by atoms with Crippen LogP contribution in [0.15, 0.2) is 84.9 Å². The van der Waals surface area contributed by atoms with Crippen molar-refractivity contribution in [1.82, 2.24) is 5.32 Å². The van der Waals surface area contributed by atoms with E-state index in [1.807, 2.05) is 98.8 Å². The Labute approximate surface area is 176 Å². The maximum atomic E-state index is 13.1. The highest BCUT2D eigenvalue weighted by Gasteiger charge is 2.23. The molecule has 3 rings (SSSR count). The predicted octanol–water partition coefficient (Wildman–Crippen LogP) is 5.12. The number of ether oxygens (including phenoxy) is 1. The van der Waals surface area contributed by atoms with E-state index >= 15 is 0 Å². The van der Waals surface area contributed by atoms with E-state index in [1.54, 1.807) is 0 Å². The van der Waals surface area contributed by atoms with Gasteiger partial charge in [0.05, 0.1) is 12.0 Å². The van der Waals surface area contributed by atoms with Gasteiger partial charge in [0.1, 0.15) is 5.75 Å². The summed E-state index contributed by atoms with van der Waals surface area (Å²) in [6.45, 7) is 3.96. The molecule has 3 aromatic rings. The molecule has 0 radical (unpaired) electrons. The zero-order valence-electron chi connectivity index (χ0n) is 16.5. The molecule has 0 saturated heterocycles. The molecular weight excluding hydrogens is 380 g/mol. The average Bonchev–Trinajstić information content (AvgIpc) is 2.71. The molecule has 0 saturated carbocycles. The number of anilines is 1. The first-order valence-corrected chi connectivity index (χ1v) is 9.92. The Morgan fingerprint density at radius 2 is 1.34 bits per heavy atom. The smallest absolute Gasteiger partial charge is 0.238 e. The highest BCUT2D eigenvalue weighted by atomic mass is 32.1. The Balaban J connectivity index is 1.70. The summed E-state index contributed by atoms with van der Waals surface area (Å²) in [7, 11) is 0. The molecule has 0 atom stereocenters. The van der Waals surface area contributed by atoms with Gasteiger partial charge in [-0.15, -0.1) is 0 Å². The van der Waals surface area contributed by atoms with Crippen molar-refractivity contribution in [2.24, 2.45) is 0 Å². The summed E-state index contributed by atoms with van der Waals surface area (Å²) in [6.07, 6.45) is 0.113. The number of hydrogen-bond acceptors (Lipinski definition) is 3. The fourth-order valence-electron chi connectivity index (χ4n) is 3.02. The number of amides is 1. The van der Waals surface area contributed by atoms with Crippen LogP contribution < -0.4 is 15.4 Å². The summed E-state index contributed by atoms with van der Waals surface area (Å²) in [5, 5.41) is 6.13. The number of carbonyl (C=O) groups excluding carboxylic acids is 1. The second-order valence-corrected chi connectivity index (χ2v) is 7.30. The van der Waals surface area contributed by atoms with Gasteiger partial charge in [0.15, 0.2) is 5.11 Å². The van der Waals surface area contributed by atoms with Crippen LogP contribution in [0.2, 0.25) is 0 Å². The van der Waals surface area contributed by atoms with Gasteiger partial charge in [0.2, 0.25) is 5.91 Å². The van der Waals surface area contributed by atoms with Crippen LogP contribution in [0, 0.1) is 0 Å². The normalized spacial score (nSPS) is 10.6. The van der Waals surface area contributed by atoms with Crippen molar-refractivity contribution in [2.75, 3.05) is 5.32 Å². The first-order chi connectivity index (χ1) is 14.0. The van der Waals surface area contributed by atoms with Crippen LogP contribution >= 0.6 is 12.2 Å². The largest absolute Gasteiger partial charge is 0.491 e. The molecule has 0 bridgehead atoms. The molecule has 0 spiro atoms. The first kappa shape index (κ1) is 20.6. The quantitative estimate of drug-likeness (QED) is 0.560. The summed E-state index contributed by atoms with van der Waals surface area (Å²) < 4.78 is 5.64. The molecule has 0 unspecified atom stereocenters. The van der Waals surface area contributed by atoms with Gasteiger partial charge in [-0.3, -0.25) is 4.79 Å². The standard InChI is InChI=1S/C24H24N2O2S/c1-17(2)28-21-15-13-20(14-16-21)25-24(29)26-23(27)22(18-9-5-3-6-10-18)19-11-7-4-8-12-19/h3-17,22H,1-2H3,(H2,25,26,27,29). The van der Waals surface area contributed by atoms with Gasteiger partial charge >= 0.3 is 0 Å². The third-order valence-corrected chi connectivity index (χ3v) is 4.45. The molecule has 2 N–H and O–H groups in total. The van der Waals surface area contributed by atoms with Gasteiger partial charge in [0.25, 0.3) is 0 Å². The van der Waals surface area contributed by atoms with E-state index in [0.29, 0.717) is 0 Å². The van der Waals surface area contributed by atoms with Crippen molar-refractivity contribution < 1.29 is 9.53 Å². The second kappa shape index (κ2) is 9.85. The predicted molar refractivity (Wildman–Crippen MR) is 121 cm³/mol. The van der Waals surface area contributed by atoms with Gasteiger partial charge in [-0.1, -0.05) is 60.7 Å². The number of nitrogens with one attached hydrogen (secondary N) is 2. The lowest BCUT2D eigenvalue weighted by Gasteiger charge is -2.19. The summed E-state index contributed by atoms with van der Waals surface area (Å²) in [4.78, 5) is 13.1. The fourth-order valence-corrected chi connectivity index (χ4v) is 3.24. The van der Waals surface area contributed by atoms with Crippen molar-refractivity contribution >= 4 is 28.9 Å². The molecule has 5 heteroatoms. The monoisotopic (exact) mass is 404 g/mol. The molecule has 3 aromatic carbocycles. The Kier molecular flexibility index (Phi) is 6.98. The zero-order chi connectivity index (χ0) is 20.6. The minimum Gasteiger partial charge on any atom is -0.491 e. The molecule has 0 aliphatic carbocycles. The fraction of sp³-hybridized carbons (Fsp3) is 0.167. The second-order valence-electron chi connectivity index (χ2n) is 6.89. The maximum Gasteiger partial charge on any atom is 0.238 e. The van der Waals surface area contributed by atoms with Crippen LogP contribution in [0.3, 0.4) is 0 Å².